The van der Waals surface area contributed by atoms with Crippen LogP contribution in [0.2, 0.25) is 0 Å². The number of rotatable bonds is 3. The molecule has 0 heterocycles. The van der Waals surface area contributed by atoms with Crippen molar-refractivity contribution in [1.82, 2.24) is 0 Å². The van der Waals surface area contributed by atoms with Crippen molar-refractivity contribution in [3.8, 4) is 0 Å². The quantitative estimate of drug-likeness (QED) is 0.164. The third-order valence-corrected chi connectivity index (χ3v) is 5.99. The van der Waals surface area contributed by atoms with Gasteiger partial charge in [0.25, 0.3) is 20.2 Å². The van der Waals surface area contributed by atoms with Gasteiger partial charge in [0, 0.05) is 11.3 Å². The molecule has 3 rings (SSSR count). The Bertz CT molecular complexity index is 1200. The van der Waals surface area contributed by atoms with Crippen molar-refractivity contribution in [1.29, 1.82) is 5.41 Å². The number of nitrogens with one attached hydrogen (secondary N) is 1. The molecule has 0 aromatic heterocycles. The van der Waals surface area contributed by atoms with Gasteiger partial charge < -0.3 is 11.5 Å². The smallest absolute Gasteiger partial charge is 0.294 e. The highest BCUT2D eigenvalue weighted by Crippen LogP contribution is 2.13. The zero-order valence-electron chi connectivity index (χ0n) is 17.4. The molecular formula is C21H25N3O6S2. The van der Waals surface area contributed by atoms with E-state index in [0.717, 1.165) is 0 Å². The fraction of sp³-hybridized carbons (Fsp3) is 0.0952. The van der Waals surface area contributed by atoms with E-state index in [4.69, 9.17) is 26.0 Å². The Balaban J connectivity index is 0.000000240. The fourth-order valence-electron chi connectivity index (χ4n) is 2.35. The highest BCUT2D eigenvalue weighted by atomic mass is 32.2. The third-order valence-electron chi connectivity index (χ3n) is 3.96. The molecule has 3 aromatic carbocycles. The van der Waals surface area contributed by atoms with Crippen molar-refractivity contribution < 1.29 is 25.9 Å². The summed E-state index contributed by atoms with van der Waals surface area (Å²) in [5.41, 5.74) is 13.1. The van der Waals surface area contributed by atoms with Gasteiger partial charge in [0.05, 0.1) is 9.79 Å². The van der Waals surface area contributed by atoms with Crippen molar-refractivity contribution in [3.63, 3.8) is 0 Å². The number of hydrogen-bond donors (Lipinski definition) is 5. The lowest BCUT2D eigenvalue weighted by molar-refractivity contribution is 0.480. The number of nitrogen functional groups attached to an aromatic ring is 2. The van der Waals surface area contributed by atoms with Crippen LogP contribution < -0.4 is 11.5 Å². The molecule has 0 atom stereocenters. The highest BCUT2D eigenvalue weighted by Gasteiger charge is 2.11. The first-order valence-corrected chi connectivity index (χ1v) is 11.9. The second-order valence-corrected chi connectivity index (χ2v) is 9.30. The first-order valence-electron chi connectivity index (χ1n) is 8.99. The molecule has 0 saturated heterocycles. The van der Waals surface area contributed by atoms with Crippen molar-refractivity contribution in [2.75, 3.05) is 5.73 Å². The maximum Gasteiger partial charge on any atom is 0.294 e. The maximum absolute atomic E-state index is 10.6. The first kappa shape index (κ1) is 26.8. The van der Waals surface area contributed by atoms with E-state index in [1.54, 1.807) is 74.5 Å². The summed E-state index contributed by atoms with van der Waals surface area (Å²) in [5.74, 6) is 0.0694. The summed E-state index contributed by atoms with van der Waals surface area (Å²) in [6.45, 7) is 3.26. The van der Waals surface area contributed by atoms with Gasteiger partial charge in [-0.05, 0) is 61.4 Å². The number of nitrogens with two attached hydrogens (primary N) is 2. The Morgan fingerprint density at radius 3 is 1.31 bits per heavy atom. The van der Waals surface area contributed by atoms with Crippen LogP contribution in [-0.2, 0) is 20.2 Å². The van der Waals surface area contributed by atoms with Crippen LogP contribution in [0.4, 0.5) is 5.69 Å². The minimum atomic E-state index is -4.03. The Morgan fingerprint density at radius 1 is 0.719 bits per heavy atom. The molecule has 0 saturated carbocycles. The minimum absolute atomic E-state index is 0.0278. The topological polar surface area (TPSA) is 185 Å². The van der Waals surface area contributed by atoms with Gasteiger partial charge in [0.2, 0.25) is 0 Å². The lowest BCUT2D eigenvalue weighted by Gasteiger charge is -1.99. The van der Waals surface area contributed by atoms with E-state index < -0.39 is 20.2 Å². The summed E-state index contributed by atoms with van der Waals surface area (Å²) >= 11 is 0. The molecule has 0 unspecified atom stereocenters. The van der Waals surface area contributed by atoms with E-state index >= 15 is 0 Å². The van der Waals surface area contributed by atoms with Crippen molar-refractivity contribution in [2.24, 2.45) is 5.73 Å². The van der Waals surface area contributed by atoms with Crippen molar-refractivity contribution in [3.05, 3.63) is 89.5 Å². The third kappa shape index (κ3) is 8.86. The summed E-state index contributed by atoms with van der Waals surface area (Å²) in [6, 6.07) is 19.4. The largest absolute Gasteiger partial charge is 0.399 e. The molecule has 11 heteroatoms. The number of amidine groups is 1. The lowest BCUT2D eigenvalue weighted by Crippen LogP contribution is -2.10. The number of anilines is 1. The minimum Gasteiger partial charge on any atom is -0.399 e. The van der Waals surface area contributed by atoms with Crippen LogP contribution in [0.3, 0.4) is 0 Å². The molecule has 7 N–H and O–H groups in total. The summed E-state index contributed by atoms with van der Waals surface area (Å²) in [5, 5.41) is 7.04. The van der Waals surface area contributed by atoms with Gasteiger partial charge in [-0.15, -0.1) is 0 Å². The molecule has 0 bridgehead atoms. The standard InChI is InChI=1S/C7H9N3.2C7H8O3S/c8-6-3-1-5(2-4-6)7(9)10;2*1-6-4-2-3-5-7(6)11(8,9)10/h1-4H,8H2,(H3,9,10);2*2-5H,1H3,(H,8,9,10). The second-order valence-electron chi connectivity index (χ2n) is 6.52. The maximum atomic E-state index is 10.6. The summed E-state index contributed by atoms with van der Waals surface area (Å²) < 4.78 is 59.7. The Labute approximate surface area is 187 Å². The van der Waals surface area contributed by atoms with Crippen molar-refractivity contribution >= 4 is 31.8 Å². The average Bonchev–Trinajstić information content (AvgIpc) is 2.68. The molecule has 0 aliphatic rings. The van der Waals surface area contributed by atoms with Gasteiger partial charge in [-0.25, -0.2) is 0 Å². The van der Waals surface area contributed by atoms with E-state index in [9.17, 15) is 16.8 Å². The fourth-order valence-corrected chi connectivity index (χ4v) is 3.81. The molecule has 32 heavy (non-hydrogen) atoms. The van der Waals surface area contributed by atoms with Crippen LogP contribution in [0, 0.1) is 19.3 Å². The van der Waals surface area contributed by atoms with Crippen LogP contribution >= 0.6 is 0 Å². The van der Waals surface area contributed by atoms with Gasteiger partial charge in [-0.3, -0.25) is 14.5 Å². The monoisotopic (exact) mass is 479 g/mol. The zero-order valence-corrected chi connectivity index (χ0v) is 19.1. The molecule has 9 nitrogen and oxygen atoms in total. The molecule has 3 aromatic rings. The summed E-state index contributed by atoms with van der Waals surface area (Å²) in [6.07, 6.45) is 0. The van der Waals surface area contributed by atoms with E-state index in [1.165, 1.54) is 12.1 Å². The normalized spacial score (nSPS) is 10.8. The number of hydrogen-bond acceptors (Lipinski definition) is 6. The molecule has 0 amide bonds. The van der Waals surface area contributed by atoms with Crippen LogP contribution in [-0.4, -0.2) is 31.8 Å². The Hall–Kier alpha value is -3.25. The van der Waals surface area contributed by atoms with Gasteiger partial charge in [-0.2, -0.15) is 16.8 Å². The predicted octanol–water partition coefficient (Wildman–Crippen LogP) is 3.04. The van der Waals surface area contributed by atoms with Gasteiger partial charge in [0.1, 0.15) is 5.84 Å². The van der Waals surface area contributed by atoms with Gasteiger partial charge >= 0.3 is 0 Å². The van der Waals surface area contributed by atoms with Gasteiger partial charge in [0.15, 0.2) is 0 Å². The summed E-state index contributed by atoms with van der Waals surface area (Å²) in [4.78, 5) is -0.0556. The van der Waals surface area contributed by atoms with Crippen LogP contribution in [0.5, 0.6) is 0 Å². The Morgan fingerprint density at radius 2 is 1.06 bits per heavy atom. The summed E-state index contributed by atoms with van der Waals surface area (Å²) in [7, 11) is -8.07. The van der Waals surface area contributed by atoms with Gasteiger partial charge in [-0.1, -0.05) is 36.4 Å². The van der Waals surface area contributed by atoms with E-state index in [0.29, 0.717) is 22.4 Å². The zero-order chi connectivity index (χ0) is 24.5. The number of benzene rings is 3. The van der Waals surface area contributed by atoms with E-state index in [1.807, 2.05) is 0 Å². The first-order chi connectivity index (χ1) is 14.7. The highest BCUT2D eigenvalue weighted by molar-refractivity contribution is 7.86. The van der Waals surface area contributed by atoms with Crippen LogP contribution in [0.25, 0.3) is 0 Å². The second kappa shape index (κ2) is 11.4. The molecule has 0 radical (unpaired) electrons. The Kier molecular flexibility index (Phi) is 9.54. The molecular weight excluding hydrogens is 454 g/mol. The van der Waals surface area contributed by atoms with E-state index in [2.05, 4.69) is 0 Å². The van der Waals surface area contributed by atoms with Crippen LogP contribution in [0.15, 0.2) is 82.6 Å². The predicted molar refractivity (Wildman–Crippen MR) is 124 cm³/mol. The molecule has 0 aliphatic carbocycles. The molecule has 0 fully saturated rings. The molecule has 0 spiro atoms. The molecule has 0 aliphatic heterocycles. The van der Waals surface area contributed by atoms with Crippen molar-refractivity contribution in [2.45, 2.75) is 23.6 Å². The lowest BCUT2D eigenvalue weighted by atomic mass is 10.2. The SMILES string of the molecule is Cc1ccccc1S(=O)(=O)O.Cc1ccccc1S(=O)(=O)O.N=C(N)c1ccc(N)cc1. The molecule has 172 valence electrons. The van der Waals surface area contributed by atoms with E-state index in [-0.39, 0.29) is 15.6 Å². The van der Waals surface area contributed by atoms with Crippen LogP contribution in [0.1, 0.15) is 16.7 Å². The number of aryl methyl sites for hydroxylation is 2. The average molecular weight is 480 g/mol.